The van der Waals surface area contributed by atoms with Crippen molar-refractivity contribution in [1.29, 1.82) is 0 Å². The lowest BCUT2D eigenvalue weighted by Gasteiger charge is -2.26. The number of nitrogens with one attached hydrogen (secondary N) is 1. The molecule has 2 aromatic carbocycles. The first-order valence-corrected chi connectivity index (χ1v) is 11.0. The van der Waals surface area contributed by atoms with Crippen LogP contribution in [0.1, 0.15) is 29.6 Å². The molecule has 11 heteroatoms. The van der Waals surface area contributed by atoms with Gasteiger partial charge in [0.25, 0.3) is 11.6 Å². The van der Waals surface area contributed by atoms with E-state index in [4.69, 9.17) is 9.47 Å². The monoisotopic (exact) mass is 449 g/mol. The van der Waals surface area contributed by atoms with Crippen LogP contribution in [-0.4, -0.2) is 50.9 Å². The van der Waals surface area contributed by atoms with Crippen LogP contribution < -0.4 is 14.8 Å². The molecule has 10 nitrogen and oxygen atoms in total. The Morgan fingerprint density at radius 1 is 1.03 bits per heavy atom. The number of methoxy groups -OCH3 is 2. The Balaban J connectivity index is 1.94. The molecule has 0 atom stereocenters. The van der Waals surface area contributed by atoms with Crippen LogP contribution in [0.2, 0.25) is 0 Å². The second kappa shape index (κ2) is 9.31. The first kappa shape index (κ1) is 22.5. The number of nitro groups is 1. The maximum absolute atomic E-state index is 13.0. The summed E-state index contributed by atoms with van der Waals surface area (Å²) in [6.45, 7) is 0.881. The number of hydrogen-bond donors (Lipinski definition) is 1. The average molecular weight is 449 g/mol. The standard InChI is InChI=1S/C20H23N3O7S/c1-29-18-9-7-15(31(27,28)22-10-4-3-5-11-22)13-16(18)20(24)21-17-8-6-14(23(25)26)12-19(17)30-2/h6-9,12-13H,3-5,10-11H2,1-2H3,(H,21,24). The molecule has 1 aliphatic rings. The number of sulfonamides is 1. The summed E-state index contributed by atoms with van der Waals surface area (Å²) in [5.74, 6) is -0.353. The number of ether oxygens (including phenoxy) is 2. The van der Waals surface area contributed by atoms with Crippen molar-refractivity contribution in [3.63, 3.8) is 0 Å². The zero-order valence-electron chi connectivity index (χ0n) is 17.2. The maximum Gasteiger partial charge on any atom is 0.273 e. The summed E-state index contributed by atoms with van der Waals surface area (Å²) < 4.78 is 37.8. The molecule has 31 heavy (non-hydrogen) atoms. The Hall–Kier alpha value is -3.18. The predicted octanol–water partition coefficient (Wildman–Crippen LogP) is 3.04. The highest BCUT2D eigenvalue weighted by atomic mass is 32.2. The van der Waals surface area contributed by atoms with Crippen LogP contribution in [0.25, 0.3) is 0 Å². The van der Waals surface area contributed by atoms with Gasteiger partial charge >= 0.3 is 0 Å². The second-order valence-electron chi connectivity index (χ2n) is 6.92. The fourth-order valence-electron chi connectivity index (χ4n) is 3.37. The van der Waals surface area contributed by atoms with E-state index in [0.717, 1.165) is 19.3 Å². The number of nitrogens with zero attached hydrogens (tertiary/aromatic N) is 2. The van der Waals surface area contributed by atoms with E-state index in [9.17, 15) is 23.3 Å². The molecule has 0 aliphatic carbocycles. The fraction of sp³-hybridized carbons (Fsp3) is 0.350. The Bertz CT molecular complexity index is 1100. The van der Waals surface area contributed by atoms with Crippen molar-refractivity contribution in [3.8, 4) is 11.5 Å². The Kier molecular flexibility index (Phi) is 6.76. The predicted molar refractivity (Wildman–Crippen MR) is 113 cm³/mol. The third-order valence-corrected chi connectivity index (χ3v) is 6.91. The molecule has 0 spiro atoms. The topological polar surface area (TPSA) is 128 Å². The zero-order valence-corrected chi connectivity index (χ0v) is 18.0. The van der Waals surface area contributed by atoms with E-state index in [2.05, 4.69) is 5.32 Å². The Morgan fingerprint density at radius 3 is 2.32 bits per heavy atom. The minimum absolute atomic E-state index is 0.00369. The minimum atomic E-state index is -3.75. The van der Waals surface area contributed by atoms with E-state index in [-0.39, 0.29) is 33.3 Å². The summed E-state index contributed by atoms with van der Waals surface area (Å²) in [4.78, 5) is 23.3. The van der Waals surface area contributed by atoms with Crippen LogP contribution in [0, 0.1) is 10.1 Å². The van der Waals surface area contributed by atoms with Gasteiger partial charge in [-0.25, -0.2) is 8.42 Å². The highest BCUT2D eigenvalue weighted by molar-refractivity contribution is 7.89. The van der Waals surface area contributed by atoms with E-state index in [1.54, 1.807) is 0 Å². The molecule has 0 radical (unpaired) electrons. The molecule has 3 rings (SSSR count). The lowest BCUT2D eigenvalue weighted by Crippen LogP contribution is -2.35. The van der Waals surface area contributed by atoms with E-state index in [1.807, 2.05) is 0 Å². The molecule has 1 heterocycles. The number of benzene rings is 2. The summed E-state index contributed by atoms with van der Waals surface area (Å²) in [5.41, 5.74) is 0.0208. The number of amides is 1. The Morgan fingerprint density at radius 2 is 1.71 bits per heavy atom. The molecule has 1 N–H and O–H groups in total. The number of carbonyl (C=O) groups excluding carboxylic acids is 1. The largest absolute Gasteiger partial charge is 0.496 e. The SMILES string of the molecule is COc1cc([N+](=O)[O-])ccc1NC(=O)c1cc(S(=O)(=O)N2CCCCC2)ccc1OC. The van der Waals surface area contributed by atoms with Crippen molar-refractivity contribution in [2.24, 2.45) is 0 Å². The number of nitro benzene ring substituents is 1. The zero-order chi connectivity index (χ0) is 22.6. The lowest BCUT2D eigenvalue weighted by molar-refractivity contribution is -0.384. The third kappa shape index (κ3) is 4.78. The van der Waals surface area contributed by atoms with Gasteiger partial charge in [0, 0.05) is 19.2 Å². The van der Waals surface area contributed by atoms with Gasteiger partial charge in [0.2, 0.25) is 10.0 Å². The molecule has 0 saturated carbocycles. The molecular formula is C20H23N3O7S. The van der Waals surface area contributed by atoms with Gasteiger partial charge in [0.05, 0.1) is 41.4 Å². The molecule has 0 bridgehead atoms. The maximum atomic E-state index is 13.0. The number of non-ortho nitro benzene ring substituents is 1. The molecule has 1 aliphatic heterocycles. The third-order valence-electron chi connectivity index (χ3n) is 5.01. The first-order valence-electron chi connectivity index (χ1n) is 9.60. The quantitative estimate of drug-likeness (QED) is 0.508. The van der Waals surface area contributed by atoms with Gasteiger partial charge < -0.3 is 14.8 Å². The summed E-state index contributed by atoms with van der Waals surface area (Å²) in [5, 5.41) is 13.6. The van der Waals surface area contributed by atoms with Crippen LogP contribution in [-0.2, 0) is 10.0 Å². The van der Waals surface area contributed by atoms with Gasteiger partial charge in [-0.2, -0.15) is 4.31 Å². The van der Waals surface area contributed by atoms with Crippen molar-refractivity contribution in [2.75, 3.05) is 32.6 Å². The van der Waals surface area contributed by atoms with Gasteiger partial charge in [-0.15, -0.1) is 0 Å². The van der Waals surface area contributed by atoms with Crippen LogP contribution in [0.4, 0.5) is 11.4 Å². The van der Waals surface area contributed by atoms with Gasteiger partial charge in [-0.1, -0.05) is 6.42 Å². The molecule has 0 unspecified atom stereocenters. The van der Waals surface area contributed by atoms with E-state index in [0.29, 0.717) is 13.1 Å². The normalized spacial score (nSPS) is 14.6. The van der Waals surface area contributed by atoms with Crippen molar-refractivity contribution in [3.05, 3.63) is 52.1 Å². The van der Waals surface area contributed by atoms with Crippen molar-refractivity contribution < 1.29 is 27.6 Å². The van der Waals surface area contributed by atoms with Crippen LogP contribution in [0.15, 0.2) is 41.3 Å². The van der Waals surface area contributed by atoms with Gasteiger partial charge in [0.15, 0.2) is 0 Å². The number of rotatable bonds is 7. The molecule has 0 aromatic heterocycles. The first-order chi connectivity index (χ1) is 14.8. The highest BCUT2D eigenvalue weighted by Crippen LogP contribution is 2.31. The average Bonchev–Trinajstić information content (AvgIpc) is 2.79. The second-order valence-corrected chi connectivity index (χ2v) is 8.86. The minimum Gasteiger partial charge on any atom is -0.496 e. The van der Waals surface area contributed by atoms with Crippen molar-refractivity contribution in [2.45, 2.75) is 24.2 Å². The van der Waals surface area contributed by atoms with Crippen molar-refractivity contribution >= 4 is 27.3 Å². The van der Waals surface area contributed by atoms with Gasteiger partial charge in [-0.3, -0.25) is 14.9 Å². The molecule has 1 saturated heterocycles. The number of piperidine rings is 1. The number of anilines is 1. The van der Waals surface area contributed by atoms with E-state index < -0.39 is 20.9 Å². The molecule has 1 fully saturated rings. The van der Waals surface area contributed by atoms with Crippen molar-refractivity contribution in [1.82, 2.24) is 4.31 Å². The lowest BCUT2D eigenvalue weighted by atomic mass is 10.1. The van der Waals surface area contributed by atoms with Crippen LogP contribution in [0.3, 0.4) is 0 Å². The van der Waals surface area contributed by atoms with Crippen LogP contribution >= 0.6 is 0 Å². The van der Waals surface area contributed by atoms with Gasteiger partial charge in [-0.05, 0) is 37.1 Å². The molecule has 2 aromatic rings. The fourth-order valence-corrected chi connectivity index (χ4v) is 4.91. The van der Waals surface area contributed by atoms with E-state index >= 15 is 0 Å². The molecular weight excluding hydrogens is 426 g/mol. The Labute approximate surface area is 180 Å². The van der Waals surface area contributed by atoms with Gasteiger partial charge in [0.1, 0.15) is 11.5 Å². The molecule has 1 amide bonds. The summed E-state index contributed by atoms with van der Waals surface area (Å²) in [7, 11) is -1.05. The highest BCUT2D eigenvalue weighted by Gasteiger charge is 2.28. The molecule has 166 valence electrons. The summed E-state index contributed by atoms with van der Waals surface area (Å²) >= 11 is 0. The number of hydrogen-bond acceptors (Lipinski definition) is 7. The van der Waals surface area contributed by atoms with E-state index in [1.165, 1.54) is 54.9 Å². The smallest absolute Gasteiger partial charge is 0.273 e. The van der Waals surface area contributed by atoms with Crippen LogP contribution in [0.5, 0.6) is 11.5 Å². The summed E-state index contributed by atoms with van der Waals surface area (Å²) in [6, 6.07) is 7.87. The summed E-state index contributed by atoms with van der Waals surface area (Å²) in [6.07, 6.45) is 2.57. The number of carbonyl (C=O) groups is 1.